The zero-order valence-electron chi connectivity index (χ0n) is 11.1. The quantitative estimate of drug-likeness (QED) is 0.830. The molecule has 0 spiro atoms. The van der Waals surface area contributed by atoms with E-state index in [1.165, 1.54) is 12.1 Å². The largest absolute Gasteiger partial charge is 0.488 e. The molecule has 0 aliphatic carbocycles. The number of halogens is 1. The van der Waals surface area contributed by atoms with Crippen LogP contribution in [0.3, 0.4) is 0 Å². The second-order valence-corrected chi connectivity index (χ2v) is 4.43. The minimum atomic E-state index is -0.933. The van der Waals surface area contributed by atoms with E-state index in [1.54, 1.807) is 24.3 Å². The molecule has 2 rings (SSSR count). The van der Waals surface area contributed by atoms with Crippen LogP contribution in [-0.4, -0.2) is 17.4 Å². The topological polar surface area (TPSA) is 63.6 Å². The monoisotopic (exact) mass is 288 g/mol. The van der Waals surface area contributed by atoms with Crippen LogP contribution in [0.25, 0.3) is 0 Å². The summed E-state index contributed by atoms with van der Waals surface area (Å²) in [6.07, 6.45) is 0.408. The van der Waals surface area contributed by atoms with Crippen molar-refractivity contribution in [1.29, 1.82) is 0 Å². The molecule has 0 unspecified atom stereocenters. The van der Waals surface area contributed by atoms with E-state index < -0.39 is 11.8 Å². The molecule has 0 aliphatic heterocycles. The number of rotatable bonds is 6. The van der Waals surface area contributed by atoms with Gasteiger partial charge in [-0.25, -0.2) is 4.39 Å². The highest BCUT2D eigenvalue weighted by molar-refractivity contribution is 5.79. The summed E-state index contributed by atoms with van der Waals surface area (Å²) in [5.41, 5.74) is 1.46. The third kappa shape index (κ3) is 3.89. The highest BCUT2D eigenvalue weighted by atomic mass is 19.1. The van der Waals surface area contributed by atoms with Crippen molar-refractivity contribution in [3.05, 3.63) is 65.0 Å². The highest BCUT2D eigenvalue weighted by Gasteiger charge is 2.09. The van der Waals surface area contributed by atoms with Crippen molar-refractivity contribution >= 4 is 12.3 Å². The number of hydrogen-bond acceptors (Lipinski definition) is 3. The van der Waals surface area contributed by atoms with Crippen LogP contribution < -0.4 is 4.74 Å². The summed E-state index contributed by atoms with van der Waals surface area (Å²) in [6, 6.07) is 10.6. The predicted octanol–water partition coefficient (Wildman–Crippen LogP) is 2.84. The van der Waals surface area contributed by atoms with E-state index in [0.29, 0.717) is 17.4 Å². The lowest BCUT2D eigenvalue weighted by Crippen LogP contribution is -2.06. The first-order valence-electron chi connectivity index (χ1n) is 6.26. The molecular weight excluding hydrogens is 275 g/mol. The lowest BCUT2D eigenvalue weighted by atomic mass is 10.1. The molecule has 0 aromatic heterocycles. The van der Waals surface area contributed by atoms with Crippen molar-refractivity contribution in [2.24, 2.45) is 0 Å². The van der Waals surface area contributed by atoms with E-state index in [1.807, 2.05) is 0 Å². The summed E-state index contributed by atoms with van der Waals surface area (Å²) in [5.74, 6) is -1.19. The smallest absolute Gasteiger partial charge is 0.307 e. The van der Waals surface area contributed by atoms with Crippen LogP contribution in [0.1, 0.15) is 21.5 Å². The second-order valence-electron chi connectivity index (χ2n) is 4.43. The van der Waals surface area contributed by atoms with E-state index in [4.69, 9.17) is 9.84 Å². The fourth-order valence-electron chi connectivity index (χ4n) is 1.93. The Balaban J connectivity index is 2.17. The fourth-order valence-corrected chi connectivity index (χ4v) is 1.93. The Hall–Kier alpha value is -2.69. The average molecular weight is 288 g/mol. The number of benzene rings is 2. The average Bonchev–Trinajstić information content (AvgIpc) is 2.46. The maximum Gasteiger partial charge on any atom is 0.307 e. The molecule has 5 heteroatoms. The molecule has 0 fully saturated rings. The SMILES string of the molecule is O=Cc1cc(F)ccc1OCc1ccccc1CC(=O)O. The molecule has 4 nitrogen and oxygen atoms in total. The Morgan fingerprint density at radius 1 is 1.19 bits per heavy atom. The third-order valence-electron chi connectivity index (χ3n) is 2.94. The zero-order chi connectivity index (χ0) is 15.2. The first-order valence-corrected chi connectivity index (χ1v) is 6.26. The summed E-state index contributed by atoms with van der Waals surface area (Å²) in [6.45, 7) is 0.107. The van der Waals surface area contributed by atoms with E-state index in [0.717, 1.165) is 6.07 Å². The lowest BCUT2D eigenvalue weighted by Gasteiger charge is -2.11. The van der Waals surface area contributed by atoms with Gasteiger partial charge in [-0.05, 0) is 29.3 Å². The number of aldehydes is 1. The zero-order valence-corrected chi connectivity index (χ0v) is 11.1. The molecule has 0 aliphatic rings. The van der Waals surface area contributed by atoms with Crippen molar-refractivity contribution in [3.63, 3.8) is 0 Å². The van der Waals surface area contributed by atoms with Crippen LogP contribution in [0.15, 0.2) is 42.5 Å². The van der Waals surface area contributed by atoms with Gasteiger partial charge in [0.15, 0.2) is 6.29 Å². The molecule has 0 radical (unpaired) electrons. The van der Waals surface area contributed by atoms with Gasteiger partial charge in [-0.3, -0.25) is 9.59 Å². The number of carboxylic acid groups (broad SMARTS) is 1. The Kier molecular flexibility index (Phi) is 4.66. The minimum absolute atomic E-state index is 0.107. The van der Waals surface area contributed by atoms with Crippen LogP contribution in [0.4, 0.5) is 4.39 Å². The van der Waals surface area contributed by atoms with Crippen molar-refractivity contribution in [2.75, 3.05) is 0 Å². The molecule has 2 aromatic rings. The molecule has 0 heterocycles. The highest BCUT2D eigenvalue weighted by Crippen LogP contribution is 2.20. The Morgan fingerprint density at radius 3 is 2.57 bits per heavy atom. The molecule has 21 heavy (non-hydrogen) atoms. The van der Waals surface area contributed by atoms with Crippen LogP contribution in [0, 0.1) is 5.82 Å². The number of carboxylic acids is 1. The van der Waals surface area contributed by atoms with Crippen LogP contribution in [0.2, 0.25) is 0 Å². The van der Waals surface area contributed by atoms with Crippen LogP contribution in [-0.2, 0) is 17.8 Å². The molecular formula is C16H13FO4. The van der Waals surface area contributed by atoms with Gasteiger partial charge in [0.1, 0.15) is 18.2 Å². The fraction of sp³-hybridized carbons (Fsp3) is 0.125. The predicted molar refractivity (Wildman–Crippen MR) is 73.9 cm³/mol. The number of carbonyl (C=O) groups excluding carboxylic acids is 1. The maximum atomic E-state index is 13.0. The van der Waals surface area contributed by atoms with Crippen molar-refractivity contribution in [2.45, 2.75) is 13.0 Å². The first kappa shape index (κ1) is 14.7. The first-order chi connectivity index (χ1) is 10.1. The molecule has 2 aromatic carbocycles. The summed E-state index contributed by atoms with van der Waals surface area (Å²) < 4.78 is 18.5. The number of carbonyl (C=O) groups is 2. The standard InChI is InChI=1S/C16H13FO4/c17-14-5-6-15(13(7-14)9-18)21-10-12-4-2-1-3-11(12)8-16(19)20/h1-7,9H,8,10H2,(H,19,20). The van der Waals surface area contributed by atoms with Crippen molar-refractivity contribution in [1.82, 2.24) is 0 Å². The molecule has 0 saturated heterocycles. The van der Waals surface area contributed by atoms with E-state index in [9.17, 15) is 14.0 Å². The van der Waals surface area contributed by atoms with E-state index in [2.05, 4.69) is 0 Å². The Morgan fingerprint density at radius 2 is 1.90 bits per heavy atom. The van der Waals surface area contributed by atoms with Gasteiger partial charge in [0.25, 0.3) is 0 Å². The summed E-state index contributed by atoms with van der Waals surface area (Å²) in [5, 5.41) is 8.86. The molecule has 0 bridgehead atoms. The van der Waals surface area contributed by atoms with Gasteiger partial charge in [-0.15, -0.1) is 0 Å². The van der Waals surface area contributed by atoms with E-state index >= 15 is 0 Å². The van der Waals surface area contributed by atoms with Gasteiger partial charge in [-0.2, -0.15) is 0 Å². The van der Waals surface area contributed by atoms with E-state index in [-0.39, 0.29) is 24.3 Å². The number of hydrogen-bond donors (Lipinski definition) is 1. The number of aliphatic carboxylic acids is 1. The van der Waals surface area contributed by atoms with Gasteiger partial charge < -0.3 is 9.84 Å². The molecule has 0 saturated carbocycles. The van der Waals surface area contributed by atoms with Crippen molar-refractivity contribution in [3.8, 4) is 5.75 Å². The Bertz CT molecular complexity index is 667. The van der Waals surface area contributed by atoms with Gasteiger partial charge >= 0.3 is 5.97 Å². The van der Waals surface area contributed by atoms with Crippen molar-refractivity contribution < 1.29 is 23.8 Å². The normalized spacial score (nSPS) is 10.1. The molecule has 1 N–H and O–H groups in total. The minimum Gasteiger partial charge on any atom is -0.488 e. The van der Waals surface area contributed by atoms with Gasteiger partial charge in [-0.1, -0.05) is 24.3 Å². The maximum absolute atomic E-state index is 13.0. The van der Waals surface area contributed by atoms with Crippen LogP contribution >= 0.6 is 0 Å². The molecule has 0 amide bonds. The summed E-state index contributed by atoms with van der Waals surface area (Å²) >= 11 is 0. The van der Waals surface area contributed by atoms with Gasteiger partial charge in [0.05, 0.1) is 12.0 Å². The Labute approximate surface area is 120 Å². The van der Waals surface area contributed by atoms with Gasteiger partial charge in [0, 0.05) is 0 Å². The lowest BCUT2D eigenvalue weighted by molar-refractivity contribution is -0.136. The second kappa shape index (κ2) is 6.65. The third-order valence-corrected chi connectivity index (χ3v) is 2.94. The van der Waals surface area contributed by atoms with Crippen LogP contribution in [0.5, 0.6) is 5.75 Å². The summed E-state index contributed by atoms with van der Waals surface area (Å²) in [4.78, 5) is 21.7. The molecule has 108 valence electrons. The summed E-state index contributed by atoms with van der Waals surface area (Å²) in [7, 11) is 0. The van der Waals surface area contributed by atoms with Gasteiger partial charge in [0.2, 0.25) is 0 Å². The number of ether oxygens (including phenoxy) is 1. The molecule has 0 atom stereocenters.